The van der Waals surface area contributed by atoms with Crippen LogP contribution < -0.4 is 0 Å². The van der Waals surface area contributed by atoms with Gasteiger partial charge in [-0.25, -0.2) is 9.97 Å². The van der Waals surface area contributed by atoms with Gasteiger partial charge in [0.05, 0.1) is 5.52 Å². The molecule has 0 bridgehead atoms. The molecule has 0 radical (unpaired) electrons. The van der Waals surface area contributed by atoms with Crippen molar-refractivity contribution in [2.75, 3.05) is 20.6 Å². The quantitative estimate of drug-likeness (QED) is 0.258. The first kappa shape index (κ1) is 23.9. The zero-order valence-corrected chi connectivity index (χ0v) is 22.1. The number of pyridine rings is 1. The molecule has 1 N–H and O–H groups in total. The fourth-order valence-electron chi connectivity index (χ4n) is 4.44. The van der Waals surface area contributed by atoms with Crippen LogP contribution in [0.1, 0.15) is 28.0 Å². The number of hydrogen-bond donors (Lipinski definition) is 1. The van der Waals surface area contributed by atoms with E-state index in [0.717, 1.165) is 50.2 Å². The fourth-order valence-corrected chi connectivity index (χ4v) is 5.79. The Bertz CT molecular complexity index is 1420. The molecule has 3 heterocycles. The highest BCUT2D eigenvalue weighted by molar-refractivity contribution is 9.10. The number of hydrogen-bond acceptors (Lipinski definition) is 5. The van der Waals surface area contributed by atoms with Crippen LogP contribution >= 0.6 is 27.3 Å². The summed E-state index contributed by atoms with van der Waals surface area (Å²) in [6.07, 6.45) is 6.76. The van der Waals surface area contributed by atoms with Gasteiger partial charge in [-0.1, -0.05) is 52.3 Å². The molecule has 0 fully saturated rings. The van der Waals surface area contributed by atoms with Crippen molar-refractivity contribution in [1.82, 2.24) is 19.4 Å². The molecule has 5 aromatic rings. The SMILES string of the molecule is CN(C)CCC(O)(c1cccs1)c1cc(Br)cc2cc(Cc3ccccc3)c(-n3ccnc3)nc12. The number of thiophene rings is 1. The van der Waals surface area contributed by atoms with E-state index in [1.165, 1.54) is 5.56 Å². The minimum Gasteiger partial charge on any atom is -0.379 e. The number of halogens is 1. The van der Waals surface area contributed by atoms with E-state index < -0.39 is 5.60 Å². The molecular weight excluding hydrogens is 520 g/mol. The van der Waals surface area contributed by atoms with Crippen LogP contribution in [0.4, 0.5) is 0 Å². The van der Waals surface area contributed by atoms with Gasteiger partial charge in [0.2, 0.25) is 0 Å². The normalized spacial score (nSPS) is 13.4. The van der Waals surface area contributed by atoms with Crippen LogP contribution in [0.3, 0.4) is 0 Å². The zero-order chi connectivity index (χ0) is 24.4. The molecule has 5 rings (SSSR count). The van der Waals surface area contributed by atoms with Crippen LogP contribution in [-0.4, -0.2) is 45.2 Å². The van der Waals surface area contributed by atoms with Crippen molar-refractivity contribution in [3.05, 3.63) is 111 Å². The molecule has 0 saturated carbocycles. The van der Waals surface area contributed by atoms with E-state index in [9.17, 15) is 5.11 Å². The maximum atomic E-state index is 12.2. The maximum absolute atomic E-state index is 12.2. The Labute approximate surface area is 217 Å². The molecule has 35 heavy (non-hydrogen) atoms. The third kappa shape index (κ3) is 4.95. The average molecular weight is 548 g/mol. The third-order valence-corrected chi connectivity index (χ3v) is 7.70. The first-order chi connectivity index (χ1) is 16.9. The molecule has 178 valence electrons. The number of nitrogens with zero attached hydrogens (tertiary/aromatic N) is 4. The summed E-state index contributed by atoms with van der Waals surface area (Å²) in [7, 11) is 4.05. The van der Waals surface area contributed by atoms with E-state index in [4.69, 9.17) is 4.98 Å². The summed E-state index contributed by atoms with van der Waals surface area (Å²) in [5.74, 6) is 0.823. The van der Waals surface area contributed by atoms with Gasteiger partial charge in [0, 0.05) is 51.2 Å². The topological polar surface area (TPSA) is 54.2 Å². The summed E-state index contributed by atoms with van der Waals surface area (Å²) >= 11 is 5.28. The van der Waals surface area contributed by atoms with Crippen LogP contribution in [-0.2, 0) is 12.0 Å². The Morgan fingerprint density at radius 2 is 1.91 bits per heavy atom. The van der Waals surface area contributed by atoms with Crippen molar-refractivity contribution >= 4 is 38.2 Å². The molecule has 0 aliphatic heterocycles. The van der Waals surface area contributed by atoms with Crippen molar-refractivity contribution < 1.29 is 5.11 Å². The van der Waals surface area contributed by atoms with Crippen molar-refractivity contribution in [3.8, 4) is 5.82 Å². The molecule has 7 heteroatoms. The lowest BCUT2D eigenvalue weighted by atomic mass is 9.86. The Morgan fingerprint density at radius 3 is 2.60 bits per heavy atom. The van der Waals surface area contributed by atoms with Gasteiger partial charge in [0.15, 0.2) is 0 Å². The molecule has 3 aromatic heterocycles. The highest BCUT2D eigenvalue weighted by atomic mass is 79.9. The summed E-state index contributed by atoms with van der Waals surface area (Å²) in [5.41, 5.74) is 2.74. The second-order valence-corrected chi connectivity index (χ2v) is 10.9. The summed E-state index contributed by atoms with van der Waals surface area (Å²) in [6, 6.07) is 20.7. The van der Waals surface area contributed by atoms with E-state index in [0.29, 0.717) is 6.42 Å². The second kappa shape index (κ2) is 10.0. The van der Waals surface area contributed by atoms with Gasteiger partial charge >= 0.3 is 0 Å². The van der Waals surface area contributed by atoms with Gasteiger partial charge in [-0.3, -0.25) is 4.57 Å². The number of aromatic nitrogens is 3. The molecule has 1 unspecified atom stereocenters. The number of imidazole rings is 1. The maximum Gasteiger partial charge on any atom is 0.142 e. The van der Waals surface area contributed by atoms with Crippen LogP contribution in [0.15, 0.2) is 89.2 Å². The van der Waals surface area contributed by atoms with Crippen molar-refractivity contribution in [2.45, 2.75) is 18.4 Å². The Morgan fingerprint density at radius 1 is 1.09 bits per heavy atom. The first-order valence-corrected chi connectivity index (χ1v) is 13.2. The molecule has 0 spiro atoms. The molecule has 0 aliphatic rings. The Hall–Kier alpha value is -2.84. The molecular formula is C28H27BrN4OS. The molecule has 2 aromatic carbocycles. The standard InChI is InChI=1S/C28H27BrN4OS/c1-32(2)12-10-28(34,25-9-6-14-35-25)24-18-23(29)17-21-16-22(15-20-7-4-3-5-8-20)27(31-26(21)24)33-13-11-30-19-33/h3-9,11,13-14,16-19,34H,10,12,15H2,1-2H3. The van der Waals surface area contributed by atoms with Crippen LogP contribution in [0.25, 0.3) is 16.7 Å². The van der Waals surface area contributed by atoms with Gasteiger partial charge in [0.1, 0.15) is 17.7 Å². The molecule has 0 aliphatic carbocycles. The predicted octanol–water partition coefficient (Wildman–Crippen LogP) is 6.02. The van der Waals surface area contributed by atoms with Crippen LogP contribution in [0.2, 0.25) is 0 Å². The monoisotopic (exact) mass is 546 g/mol. The van der Waals surface area contributed by atoms with Gasteiger partial charge in [-0.2, -0.15) is 0 Å². The summed E-state index contributed by atoms with van der Waals surface area (Å²) < 4.78 is 2.87. The van der Waals surface area contributed by atoms with E-state index in [2.05, 4.69) is 62.2 Å². The van der Waals surface area contributed by atoms with Gasteiger partial charge in [-0.15, -0.1) is 11.3 Å². The predicted molar refractivity (Wildman–Crippen MR) is 146 cm³/mol. The summed E-state index contributed by atoms with van der Waals surface area (Å²) in [4.78, 5) is 12.5. The lowest BCUT2D eigenvalue weighted by molar-refractivity contribution is 0.0678. The summed E-state index contributed by atoms with van der Waals surface area (Å²) in [5, 5.41) is 15.2. The summed E-state index contributed by atoms with van der Waals surface area (Å²) in [6.45, 7) is 0.739. The van der Waals surface area contributed by atoms with Crippen molar-refractivity contribution in [1.29, 1.82) is 0 Å². The minimum atomic E-state index is -1.17. The highest BCUT2D eigenvalue weighted by Gasteiger charge is 2.35. The Kier molecular flexibility index (Phi) is 6.84. The third-order valence-electron chi connectivity index (χ3n) is 6.22. The van der Waals surface area contributed by atoms with Crippen molar-refractivity contribution in [3.63, 3.8) is 0 Å². The lowest BCUT2D eigenvalue weighted by Crippen LogP contribution is -2.31. The van der Waals surface area contributed by atoms with E-state index in [1.54, 1.807) is 23.9 Å². The zero-order valence-electron chi connectivity index (χ0n) is 19.7. The van der Waals surface area contributed by atoms with Crippen LogP contribution in [0.5, 0.6) is 0 Å². The average Bonchev–Trinajstić information content (AvgIpc) is 3.57. The van der Waals surface area contributed by atoms with E-state index in [1.807, 2.05) is 54.5 Å². The minimum absolute atomic E-state index is 0.555. The smallest absolute Gasteiger partial charge is 0.142 e. The van der Waals surface area contributed by atoms with Gasteiger partial charge in [-0.05, 0) is 55.7 Å². The van der Waals surface area contributed by atoms with E-state index in [-0.39, 0.29) is 0 Å². The molecule has 0 amide bonds. The highest BCUT2D eigenvalue weighted by Crippen LogP contribution is 2.41. The molecule has 1 atom stereocenters. The second-order valence-electron chi connectivity index (χ2n) is 9.02. The van der Waals surface area contributed by atoms with Crippen molar-refractivity contribution in [2.24, 2.45) is 0 Å². The number of benzene rings is 2. The van der Waals surface area contributed by atoms with E-state index >= 15 is 0 Å². The number of rotatable bonds is 8. The fraction of sp³-hybridized carbons (Fsp3) is 0.214. The van der Waals surface area contributed by atoms with Gasteiger partial charge in [0.25, 0.3) is 0 Å². The largest absolute Gasteiger partial charge is 0.379 e. The molecule has 0 saturated heterocycles. The lowest BCUT2D eigenvalue weighted by Gasteiger charge is -2.30. The first-order valence-electron chi connectivity index (χ1n) is 11.5. The van der Waals surface area contributed by atoms with Crippen LogP contribution in [0, 0.1) is 0 Å². The number of fused-ring (bicyclic) bond motifs is 1. The van der Waals surface area contributed by atoms with Gasteiger partial charge < -0.3 is 10.0 Å². The Balaban J connectivity index is 1.74. The number of aliphatic hydroxyl groups is 1. The molecule has 5 nitrogen and oxygen atoms in total.